The van der Waals surface area contributed by atoms with Crippen LogP contribution in [0.2, 0.25) is 0 Å². The Bertz CT molecular complexity index is 926. The van der Waals surface area contributed by atoms with Crippen LogP contribution in [0.3, 0.4) is 0 Å². The lowest BCUT2D eigenvalue weighted by molar-refractivity contribution is -0.129. The van der Waals surface area contributed by atoms with Crippen molar-refractivity contribution in [1.29, 1.82) is 0 Å². The Morgan fingerprint density at radius 1 is 1.26 bits per heavy atom. The number of carbonyl (C=O) groups excluding carboxylic acids is 2. The van der Waals surface area contributed by atoms with Crippen LogP contribution in [0.4, 0.5) is 0 Å². The normalized spacial score (nSPS) is 21.4. The van der Waals surface area contributed by atoms with Gasteiger partial charge in [-0.2, -0.15) is 0 Å². The minimum atomic E-state index is -0.452. The summed E-state index contributed by atoms with van der Waals surface area (Å²) in [4.78, 5) is 31.4. The Morgan fingerprint density at radius 2 is 1.94 bits per heavy atom. The molecule has 1 aromatic carbocycles. The first kappa shape index (κ1) is 24.6. The highest BCUT2D eigenvalue weighted by molar-refractivity contribution is 5.99. The largest absolute Gasteiger partial charge is 0.369 e. The zero-order valence-corrected chi connectivity index (χ0v) is 20.0. The van der Waals surface area contributed by atoms with Gasteiger partial charge >= 0.3 is 0 Å². The summed E-state index contributed by atoms with van der Waals surface area (Å²) in [6, 6.07) is 8.29. The van der Waals surface area contributed by atoms with E-state index in [1.165, 1.54) is 16.0 Å². The van der Waals surface area contributed by atoms with Crippen molar-refractivity contribution in [2.75, 3.05) is 6.54 Å². The third-order valence-electron chi connectivity index (χ3n) is 6.27. The zero-order valence-electron chi connectivity index (χ0n) is 20.0. The second-order valence-corrected chi connectivity index (χ2v) is 9.44. The van der Waals surface area contributed by atoms with E-state index >= 15 is 0 Å². The standard InChI is InChI=1S/C26H37N3O2/c1-17(2)26(7)15-24(31)29(25(27)28-26)16-19(4)11-12-20(5)23(30)14-21(6)22-10-8-9-18(3)13-22/h8-13,17,21H,14-16H2,1-7H3,(H2,27,28)/b19-11+,20-12+/t21-,26+/m1/s1. The van der Waals surface area contributed by atoms with E-state index in [0.29, 0.717) is 25.0 Å². The lowest BCUT2D eigenvalue weighted by Crippen LogP contribution is -2.52. The first-order valence-electron chi connectivity index (χ1n) is 11.0. The smallest absolute Gasteiger partial charge is 0.232 e. The number of allylic oxidation sites excluding steroid dienone is 3. The number of guanidine groups is 1. The van der Waals surface area contributed by atoms with E-state index < -0.39 is 5.54 Å². The number of aryl methyl sites for hydroxylation is 1. The summed E-state index contributed by atoms with van der Waals surface area (Å²) >= 11 is 0. The number of ketones is 1. The molecule has 1 aromatic rings. The fraction of sp³-hybridized carbons (Fsp3) is 0.500. The summed E-state index contributed by atoms with van der Waals surface area (Å²) < 4.78 is 0. The molecule has 0 radical (unpaired) electrons. The van der Waals surface area contributed by atoms with Crippen LogP contribution in [0.1, 0.15) is 71.4 Å². The van der Waals surface area contributed by atoms with Gasteiger partial charge in [0.15, 0.2) is 11.7 Å². The maximum Gasteiger partial charge on any atom is 0.232 e. The molecule has 0 aliphatic carbocycles. The molecule has 2 rings (SSSR count). The molecular formula is C26H37N3O2. The first-order valence-corrected chi connectivity index (χ1v) is 11.0. The summed E-state index contributed by atoms with van der Waals surface area (Å²) in [5.41, 5.74) is 9.69. The third kappa shape index (κ3) is 6.39. The molecule has 168 valence electrons. The number of amides is 1. The van der Waals surface area contributed by atoms with Gasteiger partial charge < -0.3 is 5.73 Å². The maximum absolute atomic E-state index is 12.7. The Kier molecular flexibility index (Phi) is 7.99. The highest BCUT2D eigenvalue weighted by atomic mass is 16.2. The Hall–Kier alpha value is -2.69. The maximum atomic E-state index is 12.7. The van der Waals surface area contributed by atoms with Crippen molar-refractivity contribution in [2.24, 2.45) is 16.6 Å². The Balaban J connectivity index is 2.03. The van der Waals surface area contributed by atoms with Crippen LogP contribution in [0.5, 0.6) is 0 Å². The van der Waals surface area contributed by atoms with E-state index in [1.807, 2.05) is 39.0 Å². The Morgan fingerprint density at radius 3 is 2.52 bits per heavy atom. The van der Waals surface area contributed by atoms with Crippen molar-refractivity contribution in [1.82, 2.24) is 4.90 Å². The molecule has 0 fully saturated rings. The average Bonchev–Trinajstić information content (AvgIpc) is 2.68. The number of rotatable bonds is 8. The lowest BCUT2D eigenvalue weighted by atomic mass is 9.84. The van der Waals surface area contributed by atoms with Gasteiger partial charge in [-0.3, -0.25) is 14.5 Å². The van der Waals surface area contributed by atoms with E-state index in [0.717, 1.165) is 5.57 Å². The molecule has 1 amide bonds. The highest BCUT2D eigenvalue weighted by Gasteiger charge is 2.38. The fourth-order valence-electron chi connectivity index (χ4n) is 3.59. The van der Waals surface area contributed by atoms with E-state index in [2.05, 4.69) is 50.9 Å². The number of nitrogens with two attached hydrogens (primary N) is 1. The second-order valence-electron chi connectivity index (χ2n) is 9.44. The van der Waals surface area contributed by atoms with Crippen LogP contribution in [0.25, 0.3) is 0 Å². The number of hydrogen-bond donors (Lipinski definition) is 1. The topological polar surface area (TPSA) is 75.8 Å². The van der Waals surface area contributed by atoms with Gasteiger partial charge in [-0.05, 0) is 50.7 Å². The van der Waals surface area contributed by atoms with Crippen molar-refractivity contribution in [3.8, 4) is 0 Å². The molecular weight excluding hydrogens is 386 g/mol. The predicted octanol–water partition coefficient (Wildman–Crippen LogP) is 4.91. The van der Waals surface area contributed by atoms with Crippen LogP contribution >= 0.6 is 0 Å². The number of carbonyl (C=O) groups is 2. The van der Waals surface area contributed by atoms with Gasteiger partial charge in [0.05, 0.1) is 12.0 Å². The van der Waals surface area contributed by atoms with E-state index in [-0.39, 0.29) is 29.5 Å². The predicted molar refractivity (Wildman–Crippen MR) is 128 cm³/mol. The van der Waals surface area contributed by atoms with E-state index in [1.54, 1.807) is 0 Å². The number of nitrogens with zero attached hydrogens (tertiary/aromatic N) is 2. The van der Waals surface area contributed by atoms with Gasteiger partial charge in [0, 0.05) is 13.0 Å². The molecule has 31 heavy (non-hydrogen) atoms. The number of benzene rings is 1. The molecule has 1 aliphatic rings. The van der Waals surface area contributed by atoms with E-state index in [4.69, 9.17) is 5.73 Å². The highest BCUT2D eigenvalue weighted by Crippen LogP contribution is 2.30. The molecule has 0 aromatic heterocycles. The number of aliphatic imine (C=N–C) groups is 1. The lowest BCUT2D eigenvalue weighted by Gasteiger charge is -2.37. The Labute approximate surface area is 187 Å². The van der Waals surface area contributed by atoms with Crippen molar-refractivity contribution >= 4 is 17.6 Å². The van der Waals surface area contributed by atoms with Crippen LogP contribution in [-0.2, 0) is 9.59 Å². The third-order valence-corrected chi connectivity index (χ3v) is 6.27. The monoisotopic (exact) mass is 423 g/mol. The van der Waals surface area contributed by atoms with Gasteiger partial charge in [0.2, 0.25) is 5.91 Å². The number of Topliss-reactive ketones (excluding diaryl/α,β-unsaturated/α-hetero) is 1. The molecule has 0 saturated carbocycles. The number of hydrogen-bond acceptors (Lipinski definition) is 4. The molecule has 0 unspecified atom stereocenters. The average molecular weight is 424 g/mol. The quantitative estimate of drug-likeness (QED) is 0.477. The summed E-state index contributed by atoms with van der Waals surface area (Å²) in [6.45, 7) is 14.4. The van der Waals surface area contributed by atoms with Crippen LogP contribution in [-0.4, -0.2) is 34.6 Å². The second kappa shape index (κ2) is 10.1. The molecule has 5 nitrogen and oxygen atoms in total. The molecule has 2 atom stereocenters. The molecule has 0 bridgehead atoms. The summed E-state index contributed by atoms with van der Waals surface area (Å²) in [7, 11) is 0. The van der Waals surface area contributed by atoms with Gasteiger partial charge in [0.1, 0.15) is 0 Å². The minimum Gasteiger partial charge on any atom is -0.369 e. The summed E-state index contributed by atoms with van der Waals surface area (Å²) in [5.74, 6) is 0.774. The van der Waals surface area contributed by atoms with Crippen molar-refractivity contribution in [2.45, 2.75) is 72.8 Å². The van der Waals surface area contributed by atoms with Crippen LogP contribution in [0, 0.1) is 12.8 Å². The van der Waals surface area contributed by atoms with Gasteiger partial charge in [-0.25, -0.2) is 4.99 Å². The SMILES string of the molecule is C/C(=C\C=C(/C)C(=O)C[C@@H](C)c1cccc(C)c1)CN1C(=O)C[C@@](C)(C(C)C)N=C1N. The summed E-state index contributed by atoms with van der Waals surface area (Å²) in [6.07, 6.45) is 4.54. The molecule has 5 heteroatoms. The van der Waals surface area contributed by atoms with Crippen LogP contribution < -0.4 is 5.73 Å². The molecule has 2 N–H and O–H groups in total. The van der Waals surface area contributed by atoms with Crippen molar-refractivity contribution in [3.05, 3.63) is 58.7 Å². The minimum absolute atomic E-state index is 0.0137. The first-order chi connectivity index (χ1) is 14.4. The zero-order chi connectivity index (χ0) is 23.3. The fourth-order valence-corrected chi connectivity index (χ4v) is 3.59. The van der Waals surface area contributed by atoms with Gasteiger partial charge in [-0.15, -0.1) is 0 Å². The summed E-state index contributed by atoms with van der Waals surface area (Å²) in [5, 5.41) is 0. The molecule has 1 heterocycles. The van der Waals surface area contributed by atoms with Crippen molar-refractivity contribution in [3.63, 3.8) is 0 Å². The van der Waals surface area contributed by atoms with E-state index in [9.17, 15) is 9.59 Å². The molecule has 0 spiro atoms. The van der Waals surface area contributed by atoms with Crippen molar-refractivity contribution < 1.29 is 9.59 Å². The van der Waals surface area contributed by atoms with Gasteiger partial charge in [0.25, 0.3) is 0 Å². The molecule has 0 saturated heterocycles. The van der Waals surface area contributed by atoms with Crippen LogP contribution in [0.15, 0.2) is 52.6 Å². The molecule has 1 aliphatic heterocycles. The van der Waals surface area contributed by atoms with Gasteiger partial charge in [-0.1, -0.05) is 68.3 Å².